The minimum absolute atomic E-state index is 0.0302. The van der Waals surface area contributed by atoms with Gasteiger partial charge in [-0.05, 0) is 89.5 Å². The molecule has 0 unspecified atom stereocenters. The van der Waals surface area contributed by atoms with E-state index >= 15 is 0 Å². The minimum atomic E-state index is -0.966. The van der Waals surface area contributed by atoms with Gasteiger partial charge in [-0.25, -0.2) is 9.59 Å². The van der Waals surface area contributed by atoms with E-state index in [0.717, 1.165) is 10.9 Å². The van der Waals surface area contributed by atoms with Crippen LogP contribution in [0.2, 0.25) is 0 Å². The maximum absolute atomic E-state index is 13.6. The standard InChI is InChI=1S/C32H49N5O7/c1-18(2)15-24(36-30(41)27(19(3)4)37-31(42)44-32(6,7)8)29(40)35-23(11-9-10-14-33)28(39)34-21-12-13-22-20(5)16-26(38)43-25(22)17-21/h12-13,16-19,23-24,27H,9-11,14-15,33H2,1-8H3,(H,34,39)(H,35,40)(H,36,41)(H,37,42)/t23-,24+,27+/m1/s1. The molecule has 4 amide bonds. The van der Waals surface area contributed by atoms with Gasteiger partial charge in [0.2, 0.25) is 17.7 Å². The van der Waals surface area contributed by atoms with Crippen LogP contribution in [-0.2, 0) is 19.1 Å². The highest BCUT2D eigenvalue weighted by molar-refractivity contribution is 6.00. The molecule has 1 aromatic carbocycles. The summed E-state index contributed by atoms with van der Waals surface area (Å²) in [5.74, 6) is -1.80. The lowest BCUT2D eigenvalue weighted by atomic mass is 9.99. The van der Waals surface area contributed by atoms with Crippen molar-refractivity contribution in [2.75, 3.05) is 11.9 Å². The highest BCUT2D eigenvalue weighted by atomic mass is 16.6. The number of carbonyl (C=O) groups is 4. The SMILES string of the molecule is Cc1cc(=O)oc2cc(NC(=O)[C@@H](CCCCN)NC(=O)[C@H](CC(C)C)NC(=O)[C@@H](NC(=O)OC(C)(C)C)C(C)C)ccc12. The first-order valence-electron chi connectivity index (χ1n) is 15.2. The Morgan fingerprint density at radius 2 is 1.57 bits per heavy atom. The van der Waals surface area contributed by atoms with Gasteiger partial charge >= 0.3 is 11.7 Å². The van der Waals surface area contributed by atoms with Gasteiger partial charge in [-0.3, -0.25) is 14.4 Å². The van der Waals surface area contributed by atoms with Crippen LogP contribution in [0.5, 0.6) is 0 Å². The normalized spacial score (nSPS) is 13.7. The van der Waals surface area contributed by atoms with E-state index in [2.05, 4.69) is 21.3 Å². The molecule has 2 rings (SSSR count). The van der Waals surface area contributed by atoms with Crippen LogP contribution in [0.1, 0.15) is 79.7 Å². The Kier molecular flexibility index (Phi) is 13.4. The highest BCUT2D eigenvalue weighted by Gasteiger charge is 2.32. The van der Waals surface area contributed by atoms with Crippen LogP contribution in [0.25, 0.3) is 11.0 Å². The van der Waals surface area contributed by atoms with Crippen LogP contribution in [0.4, 0.5) is 10.5 Å². The zero-order chi connectivity index (χ0) is 33.2. The fourth-order valence-corrected chi connectivity index (χ4v) is 4.60. The Labute approximate surface area is 259 Å². The third-order valence-corrected chi connectivity index (χ3v) is 6.76. The van der Waals surface area contributed by atoms with E-state index in [4.69, 9.17) is 14.9 Å². The molecule has 3 atom stereocenters. The van der Waals surface area contributed by atoms with Gasteiger partial charge in [0.1, 0.15) is 29.3 Å². The number of benzene rings is 1. The number of amides is 4. The predicted octanol–water partition coefficient (Wildman–Crippen LogP) is 3.73. The van der Waals surface area contributed by atoms with Gasteiger partial charge in [0, 0.05) is 23.2 Å². The van der Waals surface area contributed by atoms with Gasteiger partial charge in [-0.2, -0.15) is 0 Å². The molecule has 44 heavy (non-hydrogen) atoms. The molecule has 0 saturated heterocycles. The number of fused-ring (bicyclic) bond motifs is 1. The Balaban J connectivity index is 2.24. The zero-order valence-electron chi connectivity index (χ0n) is 27.2. The Bertz CT molecular complexity index is 1360. The molecule has 1 aromatic heterocycles. The number of unbranched alkanes of at least 4 members (excludes halogenated alkanes) is 1. The summed E-state index contributed by atoms with van der Waals surface area (Å²) in [5.41, 5.74) is 5.89. The van der Waals surface area contributed by atoms with Crippen LogP contribution < -0.4 is 32.6 Å². The molecule has 6 N–H and O–H groups in total. The number of nitrogens with two attached hydrogens (primary N) is 1. The zero-order valence-corrected chi connectivity index (χ0v) is 27.2. The van der Waals surface area contributed by atoms with E-state index in [1.54, 1.807) is 59.7 Å². The first-order valence-corrected chi connectivity index (χ1v) is 15.2. The van der Waals surface area contributed by atoms with Gasteiger partial charge in [0.25, 0.3) is 0 Å². The van der Waals surface area contributed by atoms with Crippen LogP contribution in [-0.4, -0.2) is 54.1 Å². The van der Waals surface area contributed by atoms with Crippen LogP contribution in [0, 0.1) is 18.8 Å². The van der Waals surface area contributed by atoms with Gasteiger partial charge in [0.05, 0.1) is 0 Å². The van der Waals surface area contributed by atoms with Crippen molar-refractivity contribution in [2.24, 2.45) is 17.6 Å². The molecule has 12 nitrogen and oxygen atoms in total. The summed E-state index contributed by atoms with van der Waals surface area (Å²) >= 11 is 0. The Morgan fingerprint density at radius 1 is 0.909 bits per heavy atom. The number of rotatable bonds is 14. The molecule has 0 aliphatic heterocycles. The summed E-state index contributed by atoms with van der Waals surface area (Å²) in [5, 5.41) is 11.7. The third-order valence-electron chi connectivity index (χ3n) is 6.76. The molecule has 0 saturated carbocycles. The number of anilines is 1. The number of carbonyl (C=O) groups excluding carboxylic acids is 4. The first-order chi connectivity index (χ1) is 20.5. The molecule has 1 heterocycles. The summed E-state index contributed by atoms with van der Waals surface area (Å²) in [6, 6.07) is 3.55. The maximum Gasteiger partial charge on any atom is 0.408 e. The topological polar surface area (TPSA) is 182 Å². The number of alkyl carbamates (subject to hydrolysis) is 1. The van der Waals surface area contributed by atoms with E-state index in [0.29, 0.717) is 43.5 Å². The molecule has 0 aliphatic rings. The van der Waals surface area contributed by atoms with E-state index in [1.807, 2.05) is 13.8 Å². The summed E-state index contributed by atoms with van der Waals surface area (Å²) in [4.78, 5) is 64.6. The summed E-state index contributed by atoms with van der Waals surface area (Å²) in [6.45, 7) is 14.8. The maximum atomic E-state index is 13.6. The molecular formula is C32H49N5O7. The van der Waals surface area contributed by atoms with Crippen LogP contribution in [0.3, 0.4) is 0 Å². The average molecular weight is 616 g/mol. The number of nitrogens with one attached hydrogen (secondary N) is 4. The highest BCUT2D eigenvalue weighted by Crippen LogP contribution is 2.21. The van der Waals surface area contributed by atoms with Crippen molar-refractivity contribution in [1.82, 2.24) is 16.0 Å². The van der Waals surface area contributed by atoms with Gasteiger partial charge in [-0.1, -0.05) is 27.7 Å². The Morgan fingerprint density at radius 3 is 2.16 bits per heavy atom. The quantitative estimate of drug-likeness (QED) is 0.157. The molecular weight excluding hydrogens is 566 g/mol. The van der Waals surface area contributed by atoms with Crippen LogP contribution in [0.15, 0.2) is 33.5 Å². The van der Waals surface area contributed by atoms with E-state index < -0.39 is 53.2 Å². The number of aryl methyl sites for hydroxylation is 1. The molecule has 0 bridgehead atoms. The van der Waals surface area contributed by atoms with E-state index in [-0.39, 0.29) is 11.8 Å². The summed E-state index contributed by atoms with van der Waals surface area (Å²) in [7, 11) is 0. The molecule has 0 aliphatic carbocycles. The molecule has 12 heteroatoms. The summed E-state index contributed by atoms with van der Waals surface area (Å²) < 4.78 is 10.6. The first kappa shape index (κ1) is 36.3. The van der Waals surface area contributed by atoms with Crippen molar-refractivity contribution in [3.63, 3.8) is 0 Å². The lowest BCUT2D eigenvalue weighted by molar-refractivity contribution is -0.132. The average Bonchev–Trinajstić information content (AvgIpc) is 2.89. The second-order valence-electron chi connectivity index (χ2n) is 12.9. The monoisotopic (exact) mass is 615 g/mol. The molecule has 0 fully saturated rings. The Hall–Kier alpha value is -3.93. The smallest absolute Gasteiger partial charge is 0.408 e. The number of hydrogen-bond donors (Lipinski definition) is 5. The van der Waals surface area contributed by atoms with Crippen molar-refractivity contribution < 1.29 is 28.3 Å². The van der Waals surface area contributed by atoms with Crippen molar-refractivity contribution in [2.45, 2.75) is 105 Å². The van der Waals surface area contributed by atoms with Gasteiger partial charge < -0.3 is 36.2 Å². The van der Waals surface area contributed by atoms with E-state index in [9.17, 15) is 24.0 Å². The van der Waals surface area contributed by atoms with Crippen molar-refractivity contribution >= 4 is 40.5 Å². The lowest BCUT2D eigenvalue weighted by Crippen LogP contribution is -2.57. The summed E-state index contributed by atoms with van der Waals surface area (Å²) in [6.07, 6.45) is 1.11. The molecule has 0 spiro atoms. The second-order valence-corrected chi connectivity index (χ2v) is 12.9. The van der Waals surface area contributed by atoms with Gasteiger partial charge in [0.15, 0.2) is 0 Å². The van der Waals surface area contributed by atoms with Crippen LogP contribution >= 0.6 is 0 Å². The van der Waals surface area contributed by atoms with Gasteiger partial charge in [-0.15, -0.1) is 0 Å². The fourth-order valence-electron chi connectivity index (χ4n) is 4.60. The lowest BCUT2D eigenvalue weighted by Gasteiger charge is -2.28. The van der Waals surface area contributed by atoms with Crippen molar-refractivity contribution in [1.29, 1.82) is 0 Å². The largest absolute Gasteiger partial charge is 0.444 e. The van der Waals surface area contributed by atoms with E-state index in [1.165, 1.54) is 6.07 Å². The number of ether oxygens (including phenoxy) is 1. The minimum Gasteiger partial charge on any atom is -0.444 e. The van der Waals surface area contributed by atoms with Crippen molar-refractivity contribution in [3.8, 4) is 0 Å². The fraction of sp³-hybridized carbons (Fsp3) is 0.594. The third kappa shape index (κ3) is 11.6. The molecule has 2 aromatic rings. The number of hydrogen-bond acceptors (Lipinski definition) is 8. The second kappa shape index (κ2) is 16.2. The molecule has 244 valence electrons. The van der Waals surface area contributed by atoms with Crippen molar-refractivity contribution in [3.05, 3.63) is 40.2 Å². The molecule has 0 radical (unpaired) electrons. The predicted molar refractivity (Wildman–Crippen MR) is 170 cm³/mol.